The molecule has 1 aromatic heterocycles. The molecule has 0 amide bonds. The number of imidazole rings is 1. The molecule has 0 bridgehead atoms. The van der Waals surface area contributed by atoms with E-state index in [0.717, 1.165) is 24.5 Å². The molecule has 2 N–H and O–H groups in total. The molecule has 0 saturated heterocycles. The fourth-order valence-electron chi connectivity index (χ4n) is 2.17. The number of aromatic amines is 1. The SMILES string of the molecule is c1ccc(Nc2nc3c([nH]2)CCCC3)cc1. The number of benzene rings is 1. The maximum atomic E-state index is 4.58. The summed E-state index contributed by atoms with van der Waals surface area (Å²) in [5.74, 6) is 0.873. The third-order valence-electron chi connectivity index (χ3n) is 2.99. The summed E-state index contributed by atoms with van der Waals surface area (Å²) in [6.07, 6.45) is 4.80. The van der Waals surface area contributed by atoms with Crippen molar-refractivity contribution in [2.75, 3.05) is 5.32 Å². The molecule has 1 aliphatic carbocycles. The molecule has 0 spiro atoms. The lowest BCUT2D eigenvalue weighted by molar-refractivity contribution is 0.667. The topological polar surface area (TPSA) is 40.7 Å². The van der Waals surface area contributed by atoms with Gasteiger partial charge in [0, 0.05) is 11.4 Å². The van der Waals surface area contributed by atoms with Crippen LogP contribution in [0.3, 0.4) is 0 Å². The van der Waals surface area contributed by atoms with E-state index in [9.17, 15) is 0 Å². The van der Waals surface area contributed by atoms with E-state index >= 15 is 0 Å². The Balaban J connectivity index is 1.83. The number of H-pyrrole nitrogens is 1. The zero-order chi connectivity index (χ0) is 10.8. The van der Waals surface area contributed by atoms with Gasteiger partial charge in [0.05, 0.1) is 5.69 Å². The van der Waals surface area contributed by atoms with Crippen molar-refractivity contribution in [3.8, 4) is 0 Å². The van der Waals surface area contributed by atoms with Crippen molar-refractivity contribution < 1.29 is 0 Å². The molecule has 0 atom stereocenters. The van der Waals surface area contributed by atoms with Crippen molar-refractivity contribution >= 4 is 11.6 Å². The Bertz CT molecular complexity index is 450. The van der Waals surface area contributed by atoms with Crippen LogP contribution in [0.25, 0.3) is 0 Å². The normalized spacial score (nSPS) is 14.5. The average Bonchev–Trinajstić information content (AvgIpc) is 2.72. The van der Waals surface area contributed by atoms with Crippen molar-refractivity contribution in [2.24, 2.45) is 0 Å². The lowest BCUT2D eigenvalue weighted by Crippen LogP contribution is -2.00. The van der Waals surface area contributed by atoms with Gasteiger partial charge in [-0.1, -0.05) is 18.2 Å². The Morgan fingerprint density at radius 1 is 1.06 bits per heavy atom. The molecular formula is C13H15N3. The zero-order valence-electron chi connectivity index (χ0n) is 9.16. The minimum absolute atomic E-state index is 0.873. The third-order valence-corrected chi connectivity index (χ3v) is 2.99. The number of anilines is 2. The van der Waals surface area contributed by atoms with Gasteiger partial charge in [-0.05, 0) is 37.8 Å². The highest BCUT2D eigenvalue weighted by Crippen LogP contribution is 2.22. The molecule has 1 heterocycles. The maximum Gasteiger partial charge on any atom is 0.205 e. The smallest absolute Gasteiger partial charge is 0.205 e. The van der Waals surface area contributed by atoms with Gasteiger partial charge >= 0.3 is 0 Å². The summed E-state index contributed by atoms with van der Waals surface area (Å²) >= 11 is 0. The molecule has 2 aromatic rings. The monoisotopic (exact) mass is 213 g/mol. The highest BCUT2D eigenvalue weighted by Gasteiger charge is 2.13. The highest BCUT2D eigenvalue weighted by molar-refractivity contribution is 5.53. The fraction of sp³-hybridized carbons (Fsp3) is 0.308. The molecule has 3 nitrogen and oxygen atoms in total. The van der Waals surface area contributed by atoms with Gasteiger partial charge in [0.2, 0.25) is 5.95 Å². The van der Waals surface area contributed by atoms with E-state index in [4.69, 9.17) is 0 Å². The predicted molar refractivity (Wildman–Crippen MR) is 65.0 cm³/mol. The first-order valence-corrected chi connectivity index (χ1v) is 5.82. The second-order valence-corrected chi connectivity index (χ2v) is 4.21. The van der Waals surface area contributed by atoms with Crippen LogP contribution < -0.4 is 5.32 Å². The minimum atomic E-state index is 0.873. The van der Waals surface area contributed by atoms with Crippen LogP contribution in [0.15, 0.2) is 30.3 Å². The summed E-state index contributed by atoms with van der Waals surface area (Å²) in [7, 11) is 0. The maximum absolute atomic E-state index is 4.58. The Morgan fingerprint density at radius 2 is 1.88 bits per heavy atom. The number of fused-ring (bicyclic) bond motifs is 1. The molecule has 3 heteroatoms. The number of nitrogens with zero attached hydrogens (tertiary/aromatic N) is 1. The molecule has 0 radical (unpaired) electrons. The van der Waals surface area contributed by atoms with Gasteiger partial charge < -0.3 is 10.3 Å². The van der Waals surface area contributed by atoms with Crippen LogP contribution in [0.4, 0.5) is 11.6 Å². The van der Waals surface area contributed by atoms with Crippen LogP contribution in [0, 0.1) is 0 Å². The van der Waals surface area contributed by atoms with Gasteiger partial charge in [-0.15, -0.1) is 0 Å². The van der Waals surface area contributed by atoms with E-state index in [-0.39, 0.29) is 0 Å². The number of aryl methyl sites for hydroxylation is 2. The van der Waals surface area contributed by atoms with E-state index in [2.05, 4.69) is 15.3 Å². The molecule has 0 saturated carbocycles. The summed E-state index contributed by atoms with van der Waals surface area (Å²) in [6.45, 7) is 0. The van der Waals surface area contributed by atoms with Crippen LogP contribution in [0.1, 0.15) is 24.2 Å². The number of nitrogens with one attached hydrogen (secondary N) is 2. The van der Waals surface area contributed by atoms with Crippen molar-refractivity contribution in [2.45, 2.75) is 25.7 Å². The Hall–Kier alpha value is -1.77. The second-order valence-electron chi connectivity index (χ2n) is 4.21. The Kier molecular flexibility index (Phi) is 2.37. The number of hydrogen-bond acceptors (Lipinski definition) is 2. The number of hydrogen-bond donors (Lipinski definition) is 2. The summed E-state index contributed by atoms with van der Waals surface area (Å²) in [6, 6.07) is 10.1. The largest absolute Gasteiger partial charge is 0.328 e. The molecule has 1 aliphatic rings. The van der Waals surface area contributed by atoms with Gasteiger partial charge in [0.1, 0.15) is 0 Å². The molecule has 0 aliphatic heterocycles. The predicted octanol–water partition coefficient (Wildman–Crippen LogP) is 3.03. The lowest BCUT2D eigenvalue weighted by atomic mass is 10.0. The minimum Gasteiger partial charge on any atom is -0.328 e. The summed E-state index contributed by atoms with van der Waals surface area (Å²) in [5.41, 5.74) is 3.63. The van der Waals surface area contributed by atoms with Gasteiger partial charge in [0.15, 0.2) is 0 Å². The number of para-hydroxylation sites is 1. The number of aromatic nitrogens is 2. The molecule has 16 heavy (non-hydrogen) atoms. The standard InChI is InChI=1S/C13H15N3/c1-2-6-10(7-3-1)14-13-15-11-8-4-5-9-12(11)16-13/h1-3,6-7H,4-5,8-9H2,(H2,14,15,16). The van der Waals surface area contributed by atoms with Gasteiger partial charge in [-0.25, -0.2) is 4.98 Å². The third kappa shape index (κ3) is 1.81. The van der Waals surface area contributed by atoms with Crippen molar-refractivity contribution in [3.63, 3.8) is 0 Å². The Labute approximate surface area is 94.9 Å². The van der Waals surface area contributed by atoms with Crippen LogP contribution in [-0.4, -0.2) is 9.97 Å². The lowest BCUT2D eigenvalue weighted by Gasteiger charge is -2.07. The molecular weight excluding hydrogens is 198 g/mol. The van der Waals surface area contributed by atoms with E-state index in [1.165, 1.54) is 24.2 Å². The van der Waals surface area contributed by atoms with E-state index in [1.807, 2.05) is 30.3 Å². The molecule has 0 fully saturated rings. The van der Waals surface area contributed by atoms with Crippen LogP contribution in [0.2, 0.25) is 0 Å². The summed E-state index contributed by atoms with van der Waals surface area (Å²) < 4.78 is 0. The molecule has 0 unspecified atom stereocenters. The van der Waals surface area contributed by atoms with Gasteiger partial charge in [-0.2, -0.15) is 0 Å². The second kappa shape index (κ2) is 4.00. The first-order chi connectivity index (χ1) is 7.92. The fourth-order valence-corrected chi connectivity index (χ4v) is 2.17. The molecule has 3 rings (SSSR count). The van der Waals surface area contributed by atoms with E-state index < -0.39 is 0 Å². The van der Waals surface area contributed by atoms with Crippen molar-refractivity contribution in [1.29, 1.82) is 0 Å². The summed E-state index contributed by atoms with van der Waals surface area (Å²) in [4.78, 5) is 7.94. The first-order valence-electron chi connectivity index (χ1n) is 5.82. The Morgan fingerprint density at radius 3 is 2.69 bits per heavy atom. The molecule has 82 valence electrons. The average molecular weight is 213 g/mol. The van der Waals surface area contributed by atoms with Crippen LogP contribution >= 0.6 is 0 Å². The van der Waals surface area contributed by atoms with Gasteiger partial charge in [-0.3, -0.25) is 0 Å². The van der Waals surface area contributed by atoms with E-state index in [1.54, 1.807) is 0 Å². The first kappa shape index (κ1) is 9.46. The quantitative estimate of drug-likeness (QED) is 0.805. The number of rotatable bonds is 2. The van der Waals surface area contributed by atoms with E-state index in [0.29, 0.717) is 0 Å². The van der Waals surface area contributed by atoms with Crippen molar-refractivity contribution in [3.05, 3.63) is 41.7 Å². The summed E-state index contributed by atoms with van der Waals surface area (Å²) in [5, 5.41) is 3.29. The molecule has 1 aromatic carbocycles. The van der Waals surface area contributed by atoms with Crippen molar-refractivity contribution in [1.82, 2.24) is 9.97 Å². The van der Waals surface area contributed by atoms with Crippen LogP contribution in [-0.2, 0) is 12.8 Å². The zero-order valence-corrected chi connectivity index (χ0v) is 9.16. The van der Waals surface area contributed by atoms with Crippen LogP contribution in [0.5, 0.6) is 0 Å². The highest BCUT2D eigenvalue weighted by atomic mass is 15.1. The van der Waals surface area contributed by atoms with Gasteiger partial charge in [0.25, 0.3) is 0 Å².